The van der Waals surface area contributed by atoms with Crippen LogP contribution in [0.2, 0.25) is 0 Å². The van der Waals surface area contributed by atoms with Crippen molar-refractivity contribution in [2.24, 2.45) is 5.11 Å². The van der Waals surface area contributed by atoms with Crippen molar-refractivity contribution in [2.75, 3.05) is 19.1 Å². The Hall–Kier alpha value is -2.69. The minimum absolute atomic E-state index is 0.285. The number of rotatable bonds is 4. The Morgan fingerprint density at radius 2 is 1.81 bits per heavy atom. The van der Waals surface area contributed by atoms with E-state index >= 15 is 0 Å². The van der Waals surface area contributed by atoms with Crippen LogP contribution in [0.4, 0.5) is 5.69 Å². The number of hydrogen-bond donors (Lipinski definition) is 3. The molecule has 140 valence electrons. The summed E-state index contributed by atoms with van der Waals surface area (Å²) < 4.78 is 9.75. The Balaban J connectivity index is 2.20. The number of carbonyl (C=O) groups excluding carboxylic acids is 2. The molecule has 5 atom stereocenters. The Labute approximate surface area is 148 Å². The van der Waals surface area contributed by atoms with Gasteiger partial charge in [-0.1, -0.05) is 5.11 Å². The van der Waals surface area contributed by atoms with E-state index in [1.54, 1.807) is 0 Å². The molecule has 1 aliphatic heterocycles. The number of amides is 1. The fraction of sp³-hybridized carbons (Fsp3) is 0.467. The molecule has 0 aromatic heterocycles. The zero-order valence-electron chi connectivity index (χ0n) is 14.0. The molecule has 1 aliphatic rings. The highest BCUT2D eigenvalue weighted by Gasteiger charge is 2.47. The number of benzene rings is 1. The maximum Gasteiger partial charge on any atom is 0.337 e. The third-order valence-electron chi connectivity index (χ3n) is 4.00. The molecule has 1 heterocycles. The van der Waals surface area contributed by atoms with Gasteiger partial charge < -0.3 is 29.7 Å². The van der Waals surface area contributed by atoms with E-state index in [2.05, 4.69) is 14.8 Å². The quantitative estimate of drug-likeness (QED) is 0.281. The monoisotopic (exact) mass is 366 g/mol. The van der Waals surface area contributed by atoms with Gasteiger partial charge in [0.15, 0.2) is 12.3 Å². The topological polar surface area (TPSA) is 165 Å². The third kappa shape index (κ3) is 3.77. The van der Waals surface area contributed by atoms with Crippen LogP contribution in [0.5, 0.6) is 0 Å². The van der Waals surface area contributed by atoms with Gasteiger partial charge >= 0.3 is 5.97 Å². The van der Waals surface area contributed by atoms with E-state index in [1.165, 1.54) is 38.4 Å². The summed E-state index contributed by atoms with van der Waals surface area (Å²) in [6, 6.07) is 5.86. The van der Waals surface area contributed by atoms with Gasteiger partial charge in [-0.05, 0) is 29.8 Å². The third-order valence-corrected chi connectivity index (χ3v) is 4.00. The summed E-state index contributed by atoms with van der Waals surface area (Å²) in [7, 11) is 2.64. The van der Waals surface area contributed by atoms with E-state index in [0.717, 1.165) is 4.90 Å². The lowest BCUT2D eigenvalue weighted by Crippen LogP contribution is -2.61. The Morgan fingerprint density at radius 3 is 2.35 bits per heavy atom. The van der Waals surface area contributed by atoms with E-state index in [-0.39, 0.29) is 5.56 Å². The maximum atomic E-state index is 12.6. The second kappa shape index (κ2) is 8.13. The van der Waals surface area contributed by atoms with Crippen LogP contribution < -0.4 is 4.90 Å². The first-order chi connectivity index (χ1) is 12.3. The number of azide groups is 1. The van der Waals surface area contributed by atoms with Gasteiger partial charge in [0.05, 0.1) is 12.7 Å². The zero-order valence-corrected chi connectivity index (χ0v) is 14.0. The van der Waals surface area contributed by atoms with Crippen LogP contribution in [0.25, 0.3) is 10.4 Å². The predicted molar refractivity (Wildman–Crippen MR) is 87.0 cm³/mol. The van der Waals surface area contributed by atoms with Crippen molar-refractivity contribution in [1.29, 1.82) is 0 Å². The van der Waals surface area contributed by atoms with Gasteiger partial charge in [0.2, 0.25) is 0 Å². The molecule has 1 aromatic carbocycles. The first-order valence-corrected chi connectivity index (χ1v) is 7.51. The van der Waals surface area contributed by atoms with Crippen LogP contribution >= 0.6 is 0 Å². The predicted octanol–water partition coefficient (Wildman–Crippen LogP) is -0.446. The first kappa shape index (κ1) is 19.6. The lowest BCUT2D eigenvalue weighted by atomic mass is 9.97. The average molecular weight is 366 g/mol. The highest BCUT2D eigenvalue weighted by Crippen LogP contribution is 2.25. The highest BCUT2D eigenvalue weighted by atomic mass is 16.6. The van der Waals surface area contributed by atoms with Crippen molar-refractivity contribution in [2.45, 2.75) is 30.6 Å². The van der Waals surface area contributed by atoms with Gasteiger partial charge in [0.1, 0.15) is 18.3 Å². The number of aliphatic hydroxyl groups excluding tert-OH is 3. The molecule has 1 saturated heterocycles. The Morgan fingerprint density at radius 1 is 1.19 bits per heavy atom. The molecule has 0 aliphatic carbocycles. The number of likely N-dealkylation sites (N-methyl/N-ethyl adjacent to an activating group) is 1. The number of ether oxygens (including phenoxy) is 2. The lowest BCUT2D eigenvalue weighted by Gasteiger charge is -2.39. The van der Waals surface area contributed by atoms with Crippen molar-refractivity contribution in [3.8, 4) is 0 Å². The summed E-state index contributed by atoms with van der Waals surface area (Å²) in [6.07, 6.45) is -8.21. The van der Waals surface area contributed by atoms with Gasteiger partial charge in [-0.15, -0.1) is 0 Å². The SMILES string of the molecule is COC(=O)c1ccc(N(C)C(=O)[C@H]2O[C@H](N=[N+]=[N-])[C@H](O)[C@@H](O)[C@@H]2O)cc1. The molecule has 1 fully saturated rings. The average Bonchev–Trinajstić information content (AvgIpc) is 2.66. The molecule has 0 radical (unpaired) electrons. The number of aliphatic hydroxyl groups is 3. The summed E-state index contributed by atoms with van der Waals surface area (Å²) in [5.41, 5.74) is 9.14. The lowest BCUT2D eigenvalue weighted by molar-refractivity contribution is -0.217. The summed E-state index contributed by atoms with van der Waals surface area (Å²) in [4.78, 5) is 27.7. The largest absolute Gasteiger partial charge is 0.465 e. The minimum atomic E-state index is -1.73. The van der Waals surface area contributed by atoms with Crippen LogP contribution in [0.15, 0.2) is 29.4 Å². The van der Waals surface area contributed by atoms with E-state index in [0.29, 0.717) is 5.69 Å². The van der Waals surface area contributed by atoms with E-state index in [9.17, 15) is 24.9 Å². The molecule has 0 unspecified atom stereocenters. The highest BCUT2D eigenvalue weighted by molar-refractivity contribution is 5.97. The number of esters is 1. The minimum Gasteiger partial charge on any atom is -0.465 e. The molecule has 3 N–H and O–H groups in total. The number of methoxy groups -OCH3 is 1. The number of hydrogen-bond acceptors (Lipinski definition) is 8. The Kier molecular flexibility index (Phi) is 6.14. The summed E-state index contributed by atoms with van der Waals surface area (Å²) >= 11 is 0. The van der Waals surface area contributed by atoms with Crippen LogP contribution in [0.1, 0.15) is 10.4 Å². The van der Waals surface area contributed by atoms with Gasteiger partial charge in [0.25, 0.3) is 5.91 Å². The number of anilines is 1. The molecule has 0 spiro atoms. The second-order valence-corrected chi connectivity index (χ2v) is 5.56. The second-order valence-electron chi connectivity index (χ2n) is 5.56. The van der Waals surface area contributed by atoms with E-state index < -0.39 is 42.5 Å². The van der Waals surface area contributed by atoms with E-state index in [4.69, 9.17) is 10.3 Å². The van der Waals surface area contributed by atoms with Crippen molar-refractivity contribution in [1.82, 2.24) is 0 Å². The normalized spacial score (nSPS) is 28.0. The number of carbonyl (C=O) groups is 2. The van der Waals surface area contributed by atoms with Gasteiger partial charge in [0, 0.05) is 17.6 Å². The molecule has 11 heteroatoms. The maximum absolute atomic E-state index is 12.6. The molecular weight excluding hydrogens is 348 g/mol. The standard InChI is InChI=1S/C15H18N4O7/c1-19(8-5-3-7(4-6-8)15(24)25-2)14(23)12-10(21)9(20)11(22)13(26-12)17-18-16/h3-6,9-13,20-22H,1-2H3/t9-,10-,11+,12-,13-/m0/s1. The Bertz CT molecular complexity index is 719. The molecule has 0 bridgehead atoms. The first-order valence-electron chi connectivity index (χ1n) is 7.51. The molecule has 1 aromatic rings. The van der Waals surface area contributed by atoms with Crippen molar-refractivity contribution in [3.63, 3.8) is 0 Å². The van der Waals surface area contributed by atoms with Crippen LogP contribution in [0, 0.1) is 0 Å². The van der Waals surface area contributed by atoms with Crippen molar-refractivity contribution >= 4 is 17.6 Å². The van der Waals surface area contributed by atoms with Crippen molar-refractivity contribution < 1.29 is 34.4 Å². The number of nitrogens with zero attached hydrogens (tertiary/aromatic N) is 4. The summed E-state index contributed by atoms with van der Waals surface area (Å²) in [6.45, 7) is 0. The zero-order chi connectivity index (χ0) is 19.4. The van der Waals surface area contributed by atoms with Gasteiger partial charge in [-0.2, -0.15) is 0 Å². The fourth-order valence-electron chi connectivity index (χ4n) is 2.47. The molecular formula is C15H18N4O7. The van der Waals surface area contributed by atoms with Gasteiger partial charge in [-0.25, -0.2) is 4.79 Å². The van der Waals surface area contributed by atoms with E-state index in [1.807, 2.05) is 0 Å². The molecule has 2 rings (SSSR count). The summed E-state index contributed by atoms with van der Waals surface area (Å²) in [5.74, 6) is -1.28. The summed E-state index contributed by atoms with van der Waals surface area (Å²) in [5, 5.41) is 32.8. The molecule has 0 saturated carbocycles. The van der Waals surface area contributed by atoms with Gasteiger partial charge in [-0.3, -0.25) is 4.79 Å². The molecule has 11 nitrogen and oxygen atoms in total. The van der Waals surface area contributed by atoms with Crippen molar-refractivity contribution in [3.05, 3.63) is 40.3 Å². The smallest absolute Gasteiger partial charge is 0.337 e. The van der Waals surface area contributed by atoms with Crippen LogP contribution in [0.3, 0.4) is 0 Å². The van der Waals surface area contributed by atoms with Crippen LogP contribution in [-0.2, 0) is 14.3 Å². The molecule has 1 amide bonds. The van der Waals surface area contributed by atoms with Crippen LogP contribution in [-0.4, -0.2) is 72.0 Å². The fourth-order valence-corrected chi connectivity index (χ4v) is 2.47. The molecule has 26 heavy (non-hydrogen) atoms.